The summed E-state index contributed by atoms with van der Waals surface area (Å²) in [4.78, 5) is 10.7. The minimum atomic E-state index is -0.0506. The fourth-order valence-electron chi connectivity index (χ4n) is 2.15. The lowest BCUT2D eigenvalue weighted by atomic mass is 10.2. The number of aliphatic hydroxyl groups is 1. The SMILES string of the molecule is OCc1ccnc(N2CCc3ccccc32)n1. The summed E-state index contributed by atoms with van der Waals surface area (Å²) >= 11 is 0. The molecule has 0 atom stereocenters. The average molecular weight is 227 g/mol. The Labute approximate surface area is 99.6 Å². The molecule has 0 amide bonds. The van der Waals surface area contributed by atoms with Gasteiger partial charge in [-0.2, -0.15) is 0 Å². The highest BCUT2D eigenvalue weighted by molar-refractivity contribution is 5.65. The van der Waals surface area contributed by atoms with Crippen LogP contribution in [0.15, 0.2) is 36.5 Å². The molecule has 0 radical (unpaired) electrons. The van der Waals surface area contributed by atoms with Gasteiger partial charge in [0, 0.05) is 18.4 Å². The van der Waals surface area contributed by atoms with E-state index in [0.29, 0.717) is 11.6 Å². The number of aromatic nitrogens is 2. The fraction of sp³-hybridized carbons (Fsp3) is 0.231. The standard InChI is InChI=1S/C13H13N3O/c17-9-11-5-7-14-13(15-11)16-8-6-10-3-1-2-4-12(10)16/h1-5,7,17H,6,8-9H2. The van der Waals surface area contributed by atoms with Crippen molar-refractivity contribution in [1.82, 2.24) is 9.97 Å². The minimum absolute atomic E-state index is 0.0506. The molecule has 2 aromatic rings. The van der Waals surface area contributed by atoms with E-state index in [1.54, 1.807) is 12.3 Å². The lowest BCUT2D eigenvalue weighted by Crippen LogP contribution is -2.16. The zero-order valence-corrected chi connectivity index (χ0v) is 9.37. The van der Waals surface area contributed by atoms with Gasteiger partial charge in [-0.25, -0.2) is 9.97 Å². The second-order valence-electron chi connectivity index (χ2n) is 4.04. The zero-order chi connectivity index (χ0) is 11.7. The third kappa shape index (κ3) is 1.76. The summed E-state index contributed by atoms with van der Waals surface area (Å²) in [6.07, 6.45) is 2.71. The third-order valence-electron chi connectivity index (χ3n) is 2.99. The second-order valence-corrected chi connectivity index (χ2v) is 4.04. The molecule has 0 saturated carbocycles. The normalized spacial score (nSPS) is 13.8. The molecule has 0 unspecified atom stereocenters. The van der Waals surface area contributed by atoms with Crippen molar-refractivity contribution >= 4 is 11.6 Å². The van der Waals surface area contributed by atoms with E-state index in [1.807, 2.05) is 12.1 Å². The monoisotopic (exact) mass is 227 g/mol. The summed E-state index contributed by atoms with van der Waals surface area (Å²) in [5.41, 5.74) is 3.15. The van der Waals surface area contributed by atoms with Crippen molar-refractivity contribution in [2.45, 2.75) is 13.0 Å². The largest absolute Gasteiger partial charge is 0.390 e. The van der Waals surface area contributed by atoms with Gasteiger partial charge in [0.25, 0.3) is 0 Å². The van der Waals surface area contributed by atoms with E-state index in [0.717, 1.165) is 13.0 Å². The van der Waals surface area contributed by atoms with Crippen molar-refractivity contribution < 1.29 is 5.11 Å². The van der Waals surface area contributed by atoms with Crippen LogP contribution in [0.1, 0.15) is 11.3 Å². The van der Waals surface area contributed by atoms with Crippen LogP contribution in [-0.4, -0.2) is 21.6 Å². The Bertz CT molecular complexity index is 542. The summed E-state index contributed by atoms with van der Waals surface area (Å²) in [5, 5.41) is 9.09. The number of hydrogen-bond acceptors (Lipinski definition) is 4. The minimum Gasteiger partial charge on any atom is -0.390 e. The van der Waals surface area contributed by atoms with Crippen LogP contribution in [0.2, 0.25) is 0 Å². The van der Waals surface area contributed by atoms with Gasteiger partial charge in [0.2, 0.25) is 5.95 Å². The number of anilines is 2. The van der Waals surface area contributed by atoms with Gasteiger partial charge in [-0.05, 0) is 24.1 Å². The van der Waals surface area contributed by atoms with Gasteiger partial charge in [-0.15, -0.1) is 0 Å². The molecule has 1 N–H and O–H groups in total. The Morgan fingerprint density at radius 2 is 2.12 bits per heavy atom. The average Bonchev–Trinajstić information content (AvgIpc) is 2.82. The first-order valence-corrected chi connectivity index (χ1v) is 5.67. The lowest BCUT2D eigenvalue weighted by Gasteiger charge is -2.17. The first-order chi connectivity index (χ1) is 8.38. The summed E-state index contributed by atoms with van der Waals surface area (Å²) in [5.74, 6) is 0.668. The lowest BCUT2D eigenvalue weighted by molar-refractivity contribution is 0.276. The fourth-order valence-corrected chi connectivity index (χ4v) is 2.15. The smallest absolute Gasteiger partial charge is 0.230 e. The van der Waals surface area contributed by atoms with Crippen molar-refractivity contribution in [3.63, 3.8) is 0 Å². The molecule has 1 aromatic carbocycles. The quantitative estimate of drug-likeness (QED) is 0.847. The molecule has 4 heteroatoms. The number of fused-ring (bicyclic) bond motifs is 1. The van der Waals surface area contributed by atoms with Crippen molar-refractivity contribution in [3.8, 4) is 0 Å². The molecule has 86 valence electrons. The van der Waals surface area contributed by atoms with Crippen LogP contribution in [0.4, 0.5) is 11.6 Å². The van der Waals surface area contributed by atoms with Crippen LogP contribution in [0.3, 0.4) is 0 Å². The number of aliphatic hydroxyl groups excluding tert-OH is 1. The molecule has 3 rings (SSSR count). The maximum atomic E-state index is 9.09. The predicted molar refractivity (Wildman–Crippen MR) is 65.1 cm³/mol. The van der Waals surface area contributed by atoms with Crippen LogP contribution in [0.5, 0.6) is 0 Å². The molecule has 1 aliphatic heterocycles. The number of nitrogens with zero attached hydrogens (tertiary/aromatic N) is 3. The Morgan fingerprint density at radius 1 is 1.24 bits per heavy atom. The van der Waals surface area contributed by atoms with Gasteiger partial charge in [0.15, 0.2) is 0 Å². The maximum Gasteiger partial charge on any atom is 0.230 e. The molecule has 4 nitrogen and oxygen atoms in total. The highest BCUT2D eigenvalue weighted by atomic mass is 16.3. The van der Waals surface area contributed by atoms with E-state index in [2.05, 4.69) is 27.0 Å². The van der Waals surface area contributed by atoms with Crippen LogP contribution in [0, 0.1) is 0 Å². The van der Waals surface area contributed by atoms with Crippen molar-refractivity contribution in [2.75, 3.05) is 11.4 Å². The van der Waals surface area contributed by atoms with E-state index in [1.165, 1.54) is 11.3 Å². The first kappa shape index (κ1) is 10.2. The molecule has 0 aliphatic carbocycles. The predicted octanol–water partition coefficient (Wildman–Crippen LogP) is 1.66. The maximum absolute atomic E-state index is 9.09. The van der Waals surface area contributed by atoms with Crippen molar-refractivity contribution in [1.29, 1.82) is 0 Å². The topological polar surface area (TPSA) is 49.3 Å². The molecular weight excluding hydrogens is 214 g/mol. The van der Waals surface area contributed by atoms with E-state index in [9.17, 15) is 0 Å². The Kier molecular flexibility index (Phi) is 2.49. The Morgan fingerprint density at radius 3 is 3.00 bits per heavy atom. The van der Waals surface area contributed by atoms with Gasteiger partial charge in [-0.3, -0.25) is 0 Å². The highest BCUT2D eigenvalue weighted by Crippen LogP contribution is 2.31. The van der Waals surface area contributed by atoms with Gasteiger partial charge in [-0.1, -0.05) is 18.2 Å². The van der Waals surface area contributed by atoms with Gasteiger partial charge in [0.05, 0.1) is 12.3 Å². The molecule has 17 heavy (non-hydrogen) atoms. The molecule has 0 spiro atoms. The summed E-state index contributed by atoms with van der Waals surface area (Å²) < 4.78 is 0. The molecule has 2 heterocycles. The van der Waals surface area contributed by atoms with Gasteiger partial charge >= 0.3 is 0 Å². The second kappa shape index (κ2) is 4.14. The third-order valence-corrected chi connectivity index (χ3v) is 2.99. The Hall–Kier alpha value is -1.94. The number of para-hydroxylation sites is 1. The summed E-state index contributed by atoms with van der Waals surface area (Å²) in [6, 6.07) is 10.0. The van der Waals surface area contributed by atoms with Crippen molar-refractivity contribution in [3.05, 3.63) is 47.8 Å². The molecule has 0 fully saturated rings. The van der Waals surface area contributed by atoms with E-state index in [4.69, 9.17) is 5.11 Å². The number of benzene rings is 1. The molecule has 1 aliphatic rings. The summed E-state index contributed by atoms with van der Waals surface area (Å²) in [6.45, 7) is 0.846. The summed E-state index contributed by atoms with van der Waals surface area (Å²) in [7, 11) is 0. The van der Waals surface area contributed by atoms with Crippen LogP contribution in [-0.2, 0) is 13.0 Å². The molecule has 1 aromatic heterocycles. The van der Waals surface area contributed by atoms with E-state index < -0.39 is 0 Å². The highest BCUT2D eigenvalue weighted by Gasteiger charge is 2.21. The first-order valence-electron chi connectivity index (χ1n) is 5.67. The molecule has 0 bridgehead atoms. The number of rotatable bonds is 2. The van der Waals surface area contributed by atoms with Crippen LogP contribution < -0.4 is 4.90 Å². The Balaban J connectivity index is 2.01. The van der Waals surface area contributed by atoms with Crippen LogP contribution >= 0.6 is 0 Å². The zero-order valence-electron chi connectivity index (χ0n) is 9.37. The van der Waals surface area contributed by atoms with E-state index in [-0.39, 0.29) is 6.61 Å². The molecule has 0 saturated heterocycles. The van der Waals surface area contributed by atoms with Gasteiger partial charge in [0.1, 0.15) is 0 Å². The van der Waals surface area contributed by atoms with E-state index >= 15 is 0 Å². The number of hydrogen-bond donors (Lipinski definition) is 1. The van der Waals surface area contributed by atoms with Gasteiger partial charge < -0.3 is 10.0 Å². The van der Waals surface area contributed by atoms with Crippen molar-refractivity contribution in [2.24, 2.45) is 0 Å². The molecular formula is C13H13N3O. The van der Waals surface area contributed by atoms with Crippen LogP contribution in [0.25, 0.3) is 0 Å².